The molecule has 0 amide bonds. The molecular weight excluding hydrogens is 282 g/mol. The molecule has 1 atom stereocenters. The standard InChI is InChI=1S/C16H31N3OS/c1-4-17-14(18-12-15(2)6-5-11-21-15)19-13-16(7-8-16)9-10-20-3/h4-13H2,1-3H3,(H2,17,18,19). The molecule has 4 nitrogen and oxygen atoms in total. The molecule has 1 saturated carbocycles. The minimum absolute atomic E-state index is 0.378. The Bertz CT molecular complexity index is 349. The summed E-state index contributed by atoms with van der Waals surface area (Å²) < 4.78 is 5.60. The lowest BCUT2D eigenvalue weighted by Crippen LogP contribution is -2.44. The predicted molar refractivity (Wildman–Crippen MR) is 92.2 cm³/mol. The highest BCUT2D eigenvalue weighted by molar-refractivity contribution is 8.00. The van der Waals surface area contributed by atoms with Crippen LogP contribution in [-0.4, -0.2) is 49.8 Å². The van der Waals surface area contributed by atoms with Crippen molar-refractivity contribution in [3.63, 3.8) is 0 Å². The van der Waals surface area contributed by atoms with E-state index in [1.54, 1.807) is 7.11 Å². The molecular formula is C16H31N3OS. The van der Waals surface area contributed by atoms with Gasteiger partial charge in [0, 0.05) is 38.1 Å². The number of thioether (sulfide) groups is 1. The third-order valence-electron chi connectivity index (χ3n) is 4.64. The topological polar surface area (TPSA) is 45.7 Å². The van der Waals surface area contributed by atoms with Crippen molar-refractivity contribution in [2.75, 3.05) is 39.1 Å². The summed E-state index contributed by atoms with van der Waals surface area (Å²) >= 11 is 2.09. The van der Waals surface area contributed by atoms with Crippen LogP contribution >= 0.6 is 11.8 Å². The summed E-state index contributed by atoms with van der Waals surface area (Å²) in [6.07, 6.45) is 6.39. The third kappa shape index (κ3) is 5.37. The molecule has 122 valence electrons. The van der Waals surface area contributed by atoms with Gasteiger partial charge in [-0.3, -0.25) is 4.99 Å². The maximum absolute atomic E-state index is 5.22. The maximum atomic E-state index is 5.22. The molecule has 1 aliphatic heterocycles. The van der Waals surface area contributed by atoms with E-state index in [2.05, 4.69) is 36.2 Å². The van der Waals surface area contributed by atoms with Crippen LogP contribution in [0.2, 0.25) is 0 Å². The average molecular weight is 314 g/mol. The lowest BCUT2D eigenvalue weighted by Gasteiger charge is -2.24. The number of nitrogens with zero attached hydrogens (tertiary/aromatic N) is 1. The summed E-state index contributed by atoms with van der Waals surface area (Å²) in [7, 11) is 1.78. The molecule has 21 heavy (non-hydrogen) atoms. The lowest BCUT2D eigenvalue weighted by atomic mass is 10.0. The summed E-state index contributed by atoms with van der Waals surface area (Å²) in [5, 5.41) is 6.92. The first kappa shape index (κ1) is 16.9. The Morgan fingerprint density at radius 1 is 1.29 bits per heavy atom. The molecule has 0 aromatic rings. The minimum Gasteiger partial charge on any atom is -0.385 e. The van der Waals surface area contributed by atoms with Crippen LogP contribution in [0.1, 0.15) is 46.0 Å². The zero-order valence-corrected chi connectivity index (χ0v) is 14.7. The number of rotatable bonds is 8. The molecule has 0 aromatic heterocycles. The van der Waals surface area contributed by atoms with E-state index in [4.69, 9.17) is 9.73 Å². The first-order chi connectivity index (χ1) is 10.1. The second-order valence-corrected chi connectivity index (χ2v) is 8.38. The molecule has 2 fully saturated rings. The molecule has 0 bridgehead atoms. The Balaban J connectivity index is 1.81. The van der Waals surface area contributed by atoms with E-state index in [9.17, 15) is 0 Å². The van der Waals surface area contributed by atoms with Crippen LogP contribution in [0.25, 0.3) is 0 Å². The summed E-state index contributed by atoms with van der Waals surface area (Å²) in [6, 6.07) is 0. The smallest absolute Gasteiger partial charge is 0.191 e. The van der Waals surface area contributed by atoms with E-state index >= 15 is 0 Å². The van der Waals surface area contributed by atoms with E-state index in [1.807, 2.05) is 0 Å². The quantitative estimate of drug-likeness (QED) is 0.534. The molecule has 2 rings (SSSR count). The fraction of sp³-hybridized carbons (Fsp3) is 0.938. The average Bonchev–Trinajstić information content (AvgIpc) is 3.13. The number of guanidine groups is 1. The molecule has 0 aromatic carbocycles. The molecule has 5 heteroatoms. The summed E-state index contributed by atoms with van der Waals surface area (Å²) in [5.74, 6) is 2.28. The molecule has 2 N–H and O–H groups in total. The Morgan fingerprint density at radius 3 is 2.67 bits per heavy atom. The molecule has 1 heterocycles. The van der Waals surface area contributed by atoms with Gasteiger partial charge in [0.05, 0.1) is 0 Å². The van der Waals surface area contributed by atoms with E-state index in [-0.39, 0.29) is 0 Å². The zero-order valence-electron chi connectivity index (χ0n) is 13.8. The summed E-state index contributed by atoms with van der Waals surface area (Å²) in [5.41, 5.74) is 0.421. The van der Waals surface area contributed by atoms with Gasteiger partial charge < -0.3 is 15.4 Å². The number of aliphatic imine (C=N–C) groups is 1. The lowest BCUT2D eigenvalue weighted by molar-refractivity contribution is 0.174. The van der Waals surface area contributed by atoms with Crippen molar-refractivity contribution in [2.45, 2.75) is 50.7 Å². The highest BCUT2D eigenvalue weighted by atomic mass is 32.2. The second-order valence-electron chi connectivity index (χ2n) is 6.69. The van der Waals surface area contributed by atoms with Crippen LogP contribution in [0.4, 0.5) is 0 Å². The Morgan fingerprint density at radius 2 is 2.10 bits per heavy atom. The number of hydrogen-bond acceptors (Lipinski definition) is 3. The molecule has 2 aliphatic rings. The van der Waals surface area contributed by atoms with Crippen molar-refractivity contribution in [3.05, 3.63) is 0 Å². The number of nitrogens with one attached hydrogen (secondary N) is 2. The fourth-order valence-electron chi connectivity index (χ4n) is 2.82. The molecule has 1 unspecified atom stereocenters. The first-order valence-electron chi connectivity index (χ1n) is 8.27. The predicted octanol–water partition coefficient (Wildman–Crippen LogP) is 2.64. The van der Waals surface area contributed by atoms with Crippen LogP contribution in [0, 0.1) is 5.41 Å². The fourth-order valence-corrected chi connectivity index (χ4v) is 4.06. The largest absolute Gasteiger partial charge is 0.385 e. The van der Waals surface area contributed by atoms with Gasteiger partial charge in [0.25, 0.3) is 0 Å². The van der Waals surface area contributed by atoms with Crippen LogP contribution in [0.3, 0.4) is 0 Å². The van der Waals surface area contributed by atoms with Gasteiger partial charge in [-0.15, -0.1) is 0 Å². The van der Waals surface area contributed by atoms with Crippen molar-refractivity contribution >= 4 is 17.7 Å². The number of methoxy groups -OCH3 is 1. The van der Waals surface area contributed by atoms with Crippen LogP contribution in [0.15, 0.2) is 4.99 Å². The first-order valence-corrected chi connectivity index (χ1v) is 9.25. The highest BCUT2D eigenvalue weighted by Gasteiger charge is 2.41. The van der Waals surface area contributed by atoms with E-state index in [0.29, 0.717) is 10.2 Å². The SMILES string of the molecule is CCNC(=NCC1(CCOC)CC1)NCC1(C)CCCS1. The van der Waals surface area contributed by atoms with E-state index < -0.39 is 0 Å². The highest BCUT2D eigenvalue weighted by Crippen LogP contribution is 2.49. The minimum atomic E-state index is 0.378. The molecule has 1 aliphatic carbocycles. The van der Waals surface area contributed by atoms with Crippen molar-refractivity contribution in [3.8, 4) is 0 Å². The van der Waals surface area contributed by atoms with Gasteiger partial charge in [-0.25, -0.2) is 0 Å². The van der Waals surface area contributed by atoms with E-state index in [1.165, 1.54) is 31.4 Å². The number of hydrogen-bond donors (Lipinski definition) is 2. The van der Waals surface area contributed by atoms with Crippen LogP contribution in [-0.2, 0) is 4.74 Å². The Kier molecular flexibility index (Phi) is 6.23. The van der Waals surface area contributed by atoms with Crippen molar-refractivity contribution in [1.82, 2.24) is 10.6 Å². The Labute approximate surface area is 133 Å². The molecule has 1 saturated heterocycles. The monoisotopic (exact) mass is 313 g/mol. The van der Waals surface area contributed by atoms with Gasteiger partial charge in [0.2, 0.25) is 0 Å². The van der Waals surface area contributed by atoms with Gasteiger partial charge in [-0.1, -0.05) is 0 Å². The molecule has 0 spiro atoms. The van der Waals surface area contributed by atoms with Crippen molar-refractivity contribution in [1.29, 1.82) is 0 Å². The summed E-state index contributed by atoms with van der Waals surface area (Å²) in [6.45, 7) is 8.20. The maximum Gasteiger partial charge on any atom is 0.191 e. The van der Waals surface area contributed by atoms with Gasteiger partial charge in [0.15, 0.2) is 5.96 Å². The third-order valence-corrected chi connectivity index (χ3v) is 6.18. The van der Waals surface area contributed by atoms with Gasteiger partial charge in [-0.2, -0.15) is 11.8 Å². The van der Waals surface area contributed by atoms with Gasteiger partial charge >= 0.3 is 0 Å². The van der Waals surface area contributed by atoms with Crippen molar-refractivity contribution < 1.29 is 4.74 Å². The zero-order chi connectivity index (χ0) is 15.2. The summed E-state index contributed by atoms with van der Waals surface area (Å²) in [4.78, 5) is 4.82. The number of ether oxygens (including phenoxy) is 1. The molecule has 0 radical (unpaired) electrons. The van der Waals surface area contributed by atoms with Crippen LogP contribution in [0.5, 0.6) is 0 Å². The van der Waals surface area contributed by atoms with Crippen molar-refractivity contribution in [2.24, 2.45) is 10.4 Å². The second kappa shape index (κ2) is 7.73. The van der Waals surface area contributed by atoms with Crippen LogP contribution < -0.4 is 10.6 Å². The Hall–Kier alpha value is -0.420. The van der Waals surface area contributed by atoms with E-state index in [0.717, 1.165) is 38.6 Å². The van der Waals surface area contributed by atoms with Gasteiger partial charge in [-0.05, 0) is 57.1 Å². The normalized spacial score (nSPS) is 27.7. The van der Waals surface area contributed by atoms with Gasteiger partial charge in [0.1, 0.15) is 0 Å².